The molecular formula is C11H19FN4O. The second-order valence-corrected chi connectivity index (χ2v) is 3.67. The van der Waals surface area contributed by atoms with Crippen molar-refractivity contribution in [3.63, 3.8) is 0 Å². The van der Waals surface area contributed by atoms with Crippen LogP contribution in [0, 0.1) is 5.82 Å². The van der Waals surface area contributed by atoms with Gasteiger partial charge in [-0.05, 0) is 12.8 Å². The lowest BCUT2D eigenvalue weighted by Crippen LogP contribution is -2.10. The molecule has 0 unspecified atom stereocenters. The monoisotopic (exact) mass is 242 g/mol. The average Bonchev–Trinajstić information content (AvgIpc) is 2.32. The molecule has 96 valence electrons. The summed E-state index contributed by atoms with van der Waals surface area (Å²) in [7, 11) is 0. The van der Waals surface area contributed by atoms with Gasteiger partial charge in [0.25, 0.3) is 0 Å². The van der Waals surface area contributed by atoms with Crippen molar-refractivity contribution in [1.29, 1.82) is 0 Å². The van der Waals surface area contributed by atoms with Crippen molar-refractivity contribution in [3.05, 3.63) is 12.0 Å². The quantitative estimate of drug-likeness (QED) is 0.680. The highest BCUT2D eigenvalue weighted by Crippen LogP contribution is 2.09. The number of hydrogen-bond donors (Lipinski definition) is 2. The maximum Gasteiger partial charge on any atom is 0.222 e. The number of nitrogens with two attached hydrogens (primary N) is 1. The number of nitrogens with one attached hydrogen (secondary N) is 1. The van der Waals surface area contributed by atoms with E-state index in [1.165, 1.54) is 0 Å². The second-order valence-electron chi connectivity index (χ2n) is 3.67. The van der Waals surface area contributed by atoms with E-state index in [0.29, 0.717) is 13.2 Å². The van der Waals surface area contributed by atoms with Crippen LogP contribution < -0.4 is 11.1 Å². The zero-order valence-electron chi connectivity index (χ0n) is 10.1. The number of nitrogen functional groups attached to an aromatic ring is 1. The molecule has 5 nitrogen and oxygen atoms in total. The number of aromatic nitrogens is 2. The molecular weight excluding hydrogens is 223 g/mol. The van der Waals surface area contributed by atoms with Gasteiger partial charge in [0, 0.05) is 19.8 Å². The lowest BCUT2D eigenvalue weighted by Gasteiger charge is -2.07. The van der Waals surface area contributed by atoms with Crippen LogP contribution in [-0.4, -0.2) is 29.7 Å². The standard InChI is InChI=1S/C11H19FN4O/c1-2-3-6-17-7-4-5-14-10-9(12)8-15-11(13)16-10/h8H,2-7H2,1H3,(H3,13,14,15,16). The van der Waals surface area contributed by atoms with Crippen molar-refractivity contribution in [1.82, 2.24) is 9.97 Å². The number of anilines is 2. The summed E-state index contributed by atoms with van der Waals surface area (Å²) in [5.74, 6) is -0.287. The van der Waals surface area contributed by atoms with Crippen LogP contribution in [0.25, 0.3) is 0 Å². The largest absolute Gasteiger partial charge is 0.381 e. The van der Waals surface area contributed by atoms with E-state index in [9.17, 15) is 4.39 Å². The van der Waals surface area contributed by atoms with E-state index >= 15 is 0 Å². The van der Waals surface area contributed by atoms with Gasteiger partial charge in [-0.1, -0.05) is 13.3 Å². The Morgan fingerprint density at radius 2 is 2.18 bits per heavy atom. The number of ether oxygens (including phenoxy) is 1. The average molecular weight is 242 g/mol. The fraction of sp³-hybridized carbons (Fsp3) is 0.636. The van der Waals surface area contributed by atoms with Gasteiger partial charge in [-0.3, -0.25) is 0 Å². The van der Waals surface area contributed by atoms with Crippen LogP contribution in [0.15, 0.2) is 6.20 Å². The summed E-state index contributed by atoms with van der Waals surface area (Å²) < 4.78 is 18.5. The molecule has 1 aromatic heterocycles. The van der Waals surface area contributed by atoms with Crippen LogP contribution >= 0.6 is 0 Å². The Hall–Kier alpha value is -1.43. The Morgan fingerprint density at radius 3 is 2.94 bits per heavy atom. The maximum atomic E-state index is 13.2. The third kappa shape index (κ3) is 5.44. The Balaban J connectivity index is 2.15. The number of halogens is 1. The van der Waals surface area contributed by atoms with Crippen molar-refractivity contribution in [2.75, 3.05) is 30.8 Å². The first-order chi connectivity index (χ1) is 8.24. The van der Waals surface area contributed by atoms with Crippen molar-refractivity contribution < 1.29 is 9.13 Å². The van der Waals surface area contributed by atoms with Crippen LogP contribution in [0.3, 0.4) is 0 Å². The molecule has 0 fully saturated rings. The van der Waals surface area contributed by atoms with Gasteiger partial charge in [0.1, 0.15) is 0 Å². The number of hydrogen-bond acceptors (Lipinski definition) is 5. The van der Waals surface area contributed by atoms with Crippen LogP contribution in [-0.2, 0) is 4.74 Å². The SMILES string of the molecule is CCCCOCCCNc1nc(N)ncc1F. The van der Waals surface area contributed by atoms with Gasteiger partial charge in [-0.25, -0.2) is 9.37 Å². The first-order valence-electron chi connectivity index (χ1n) is 5.83. The molecule has 1 aromatic rings. The van der Waals surface area contributed by atoms with E-state index < -0.39 is 5.82 Å². The Morgan fingerprint density at radius 1 is 1.41 bits per heavy atom. The summed E-state index contributed by atoms with van der Waals surface area (Å²) in [6.07, 6.45) is 4.06. The number of unbranched alkanes of at least 4 members (excludes halogenated alkanes) is 1. The van der Waals surface area contributed by atoms with Crippen LogP contribution in [0.4, 0.5) is 16.2 Å². The van der Waals surface area contributed by atoms with Gasteiger partial charge in [-0.15, -0.1) is 0 Å². The Kier molecular flexibility index (Phi) is 6.24. The van der Waals surface area contributed by atoms with Gasteiger partial charge in [0.15, 0.2) is 11.6 Å². The predicted octanol–water partition coefficient (Wildman–Crippen LogP) is 1.82. The lowest BCUT2D eigenvalue weighted by molar-refractivity contribution is 0.131. The predicted molar refractivity (Wildman–Crippen MR) is 65.2 cm³/mol. The molecule has 0 aromatic carbocycles. The first kappa shape index (κ1) is 13.6. The molecule has 0 aliphatic heterocycles. The summed E-state index contributed by atoms with van der Waals surface area (Å²) in [4.78, 5) is 7.30. The molecule has 0 aliphatic rings. The summed E-state index contributed by atoms with van der Waals surface area (Å²) in [5, 5.41) is 2.86. The van der Waals surface area contributed by atoms with Crippen molar-refractivity contribution >= 4 is 11.8 Å². The molecule has 3 N–H and O–H groups in total. The maximum absolute atomic E-state index is 13.2. The normalized spacial score (nSPS) is 10.5. The molecule has 0 saturated carbocycles. The molecule has 0 radical (unpaired) electrons. The van der Waals surface area contributed by atoms with Crippen LogP contribution in [0.1, 0.15) is 26.2 Å². The third-order valence-electron chi connectivity index (χ3n) is 2.16. The summed E-state index contributed by atoms with van der Waals surface area (Å²) in [6, 6.07) is 0. The van der Waals surface area contributed by atoms with E-state index in [0.717, 1.165) is 32.1 Å². The van der Waals surface area contributed by atoms with E-state index in [1.54, 1.807) is 0 Å². The third-order valence-corrected chi connectivity index (χ3v) is 2.16. The molecule has 0 atom stereocenters. The molecule has 17 heavy (non-hydrogen) atoms. The summed E-state index contributed by atoms with van der Waals surface area (Å²) in [5.41, 5.74) is 5.36. The fourth-order valence-electron chi connectivity index (χ4n) is 1.23. The van der Waals surface area contributed by atoms with Gasteiger partial charge in [-0.2, -0.15) is 4.98 Å². The smallest absolute Gasteiger partial charge is 0.222 e. The topological polar surface area (TPSA) is 73.1 Å². The van der Waals surface area contributed by atoms with Crippen molar-refractivity contribution in [2.45, 2.75) is 26.2 Å². The highest BCUT2D eigenvalue weighted by Gasteiger charge is 2.03. The number of nitrogens with zero attached hydrogens (tertiary/aromatic N) is 2. The van der Waals surface area contributed by atoms with Gasteiger partial charge < -0.3 is 15.8 Å². The van der Waals surface area contributed by atoms with E-state index in [1.807, 2.05) is 0 Å². The van der Waals surface area contributed by atoms with Gasteiger partial charge in [0.2, 0.25) is 5.95 Å². The van der Waals surface area contributed by atoms with Gasteiger partial charge >= 0.3 is 0 Å². The van der Waals surface area contributed by atoms with Crippen molar-refractivity contribution in [2.24, 2.45) is 0 Å². The van der Waals surface area contributed by atoms with E-state index in [2.05, 4.69) is 22.2 Å². The molecule has 0 aliphatic carbocycles. The fourth-order valence-corrected chi connectivity index (χ4v) is 1.23. The zero-order chi connectivity index (χ0) is 12.5. The van der Waals surface area contributed by atoms with E-state index in [4.69, 9.17) is 10.5 Å². The molecule has 6 heteroatoms. The minimum Gasteiger partial charge on any atom is -0.381 e. The van der Waals surface area contributed by atoms with Crippen molar-refractivity contribution in [3.8, 4) is 0 Å². The lowest BCUT2D eigenvalue weighted by atomic mass is 10.3. The minimum atomic E-state index is -0.494. The Bertz CT molecular complexity index is 335. The van der Waals surface area contributed by atoms with Gasteiger partial charge in [0.05, 0.1) is 6.20 Å². The summed E-state index contributed by atoms with van der Waals surface area (Å²) >= 11 is 0. The Labute approximate surface area is 101 Å². The molecule has 1 rings (SSSR count). The molecule has 0 saturated heterocycles. The first-order valence-corrected chi connectivity index (χ1v) is 5.83. The molecule has 1 heterocycles. The number of rotatable bonds is 8. The molecule has 0 spiro atoms. The van der Waals surface area contributed by atoms with Crippen LogP contribution in [0.5, 0.6) is 0 Å². The summed E-state index contributed by atoms with van der Waals surface area (Å²) in [6.45, 7) is 4.16. The highest BCUT2D eigenvalue weighted by molar-refractivity contribution is 5.38. The molecule has 0 amide bonds. The van der Waals surface area contributed by atoms with Crippen LogP contribution in [0.2, 0.25) is 0 Å². The highest BCUT2D eigenvalue weighted by atomic mass is 19.1. The minimum absolute atomic E-state index is 0.0631. The molecule has 0 bridgehead atoms. The zero-order valence-corrected chi connectivity index (χ0v) is 10.1. The van der Waals surface area contributed by atoms with E-state index in [-0.39, 0.29) is 11.8 Å². The second kappa shape index (κ2) is 7.78.